The molecule has 3 aromatic rings. The molecule has 0 fully saturated rings. The number of H-pyrrole nitrogens is 1. The second-order valence-corrected chi connectivity index (χ2v) is 5.51. The molecule has 0 amide bonds. The van der Waals surface area contributed by atoms with Gasteiger partial charge >= 0.3 is 0 Å². The minimum atomic E-state index is 0.562. The lowest BCUT2D eigenvalue weighted by Gasteiger charge is -2.14. The molecular weight excluding hydrogens is 230 g/mol. The van der Waals surface area contributed by atoms with E-state index in [0.717, 1.165) is 0 Å². The topological polar surface area (TPSA) is 15.8 Å². The fourth-order valence-corrected chi connectivity index (χ4v) is 3.54. The maximum absolute atomic E-state index is 3.60. The van der Waals surface area contributed by atoms with Crippen molar-refractivity contribution in [3.63, 3.8) is 0 Å². The van der Waals surface area contributed by atoms with E-state index in [1.165, 1.54) is 46.1 Å². The third-order valence-electron chi connectivity index (χ3n) is 4.42. The van der Waals surface area contributed by atoms with E-state index in [9.17, 15) is 0 Å². The van der Waals surface area contributed by atoms with Crippen molar-refractivity contribution in [2.75, 3.05) is 0 Å². The molecule has 1 aliphatic rings. The normalized spacial score (nSPS) is 17.8. The fourth-order valence-electron chi connectivity index (χ4n) is 3.54. The van der Waals surface area contributed by atoms with Gasteiger partial charge in [0.1, 0.15) is 0 Å². The first kappa shape index (κ1) is 10.9. The van der Waals surface area contributed by atoms with Gasteiger partial charge in [-0.1, -0.05) is 42.5 Å². The Labute approximate surface area is 113 Å². The summed E-state index contributed by atoms with van der Waals surface area (Å²) in [6.07, 6.45) is 2.40. The van der Waals surface area contributed by atoms with Crippen molar-refractivity contribution in [2.45, 2.75) is 25.7 Å². The van der Waals surface area contributed by atoms with Crippen molar-refractivity contribution >= 4 is 10.9 Å². The number of rotatable bonds is 1. The average molecular weight is 247 g/mol. The van der Waals surface area contributed by atoms with E-state index in [-0.39, 0.29) is 0 Å². The average Bonchev–Trinajstić information content (AvgIpc) is 2.98. The highest BCUT2D eigenvalue weighted by atomic mass is 14.7. The zero-order valence-corrected chi connectivity index (χ0v) is 11.1. The van der Waals surface area contributed by atoms with E-state index in [1.54, 1.807) is 0 Å². The first-order chi connectivity index (χ1) is 9.34. The zero-order chi connectivity index (χ0) is 12.8. The number of hydrogen-bond acceptors (Lipinski definition) is 0. The van der Waals surface area contributed by atoms with Gasteiger partial charge in [-0.15, -0.1) is 0 Å². The van der Waals surface area contributed by atoms with Crippen molar-refractivity contribution in [3.05, 3.63) is 70.9 Å². The molecule has 1 unspecified atom stereocenters. The summed E-state index contributed by atoms with van der Waals surface area (Å²) in [5, 5.41) is 1.41. The lowest BCUT2D eigenvalue weighted by molar-refractivity contribution is 0.781. The highest BCUT2D eigenvalue weighted by Gasteiger charge is 2.28. The molecule has 94 valence electrons. The lowest BCUT2D eigenvalue weighted by atomic mass is 9.89. The largest absolute Gasteiger partial charge is 0.358 e. The minimum absolute atomic E-state index is 0.562. The van der Waals surface area contributed by atoms with Crippen LogP contribution in [0.1, 0.15) is 34.7 Å². The van der Waals surface area contributed by atoms with Crippen LogP contribution in [0.2, 0.25) is 0 Å². The number of nitrogens with one attached hydrogen (secondary N) is 1. The van der Waals surface area contributed by atoms with Gasteiger partial charge in [-0.2, -0.15) is 0 Å². The molecule has 0 saturated carbocycles. The third-order valence-corrected chi connectivity index (χ3v) is 4.42. The van der Waals surface area contributed by atoms with Crippen molar-refractivity contribution in [2.24, 2.45) is 0 Å². The van der Waals surface area contributed by atoms with Gasteiger partial charge in [0.15, 0.2) is 0 Å². The fraction of sp³-hybridized carbons (Fsp3) is 0.222. The Balaban J connectivity index is 1.94. The van der Waals surface area contributed by atoms with Crippen LogP contribution in [0.15, 0.2) is 48.5 Å². The predicted octanol–water partition coefficient (Wildman–Crippen LogP) is 4.55. The molecule has 1 N–H and O–H groups in total. The summed E-state index contributed by atoms with van der Waals surface area (Å²) in [4.78, 5) is 3.60. The summed E-state index contributed by atoms with van der Waals surface area (Å²) in [6.45, 7) is 2.22. The monoisotopic (exact) mass is 247 g/mol. The van der Waals surface area contributed by atoms with E-state index < -0.39 is 0 Å². The van der Waals surface area contributed by atoms with E-state index in [1.807, 2.05) is 0 Å². The molecule has 0 bridgehead atoms. The van der Waals surface area contributed by atoms with Crippen LogP contribution in [0.4, 0.5) is 0 Å². The molecule has 0 radical (unpaired) electrons. The van der Waals surface area contributed by atoms with E-state index in [4.69, 9.17) is 0 Å². The maximum atomic E-state index is 3.60. The molecule has 0 spiro atoms. The molecule has 19 heavy (non-hydrogen) atoms. The zero-order valence-electron chi connectivity index (χ0n) is 11.1. The minimum Gasteiger partial charge on any atom is -0.358 e. The van der Waals surface area contributed by atoms with Crippen molar-refractivity contribution in [3.8, 4) is 0 Å². The predicted molar refractivity (Wildman–Crippen MR) is 79.6 cm³/mol. The van der Waals surface area contributed by atoms with Crippen molar-refractivity contribution in [1.29, 1.82) is 0 Å². The Morgan fingerprint density at radius 3 is 2.68 bits per heavy atom. The van der Waals surface area contributed by atoms with Crippen molar-refractivity contribution in [1.82, 2.24) is 4.98 Å². The standard InChI is InChI=1S/C18H17N/c1-12-6-2-3-7-13(12)14-10-11-17-18(14)15-8-4-5-9-16(15)19-17/h2-9,14,19H,10-11H2,1H3. The number of para-hydroxylation sites is 1. The van der Waals surface area contributed by atoms with Crippen LogP contribution in [0.25, 0.3) is 10.9 Å². The lowest BCUT2D eigenvalue weighted by Crippen LogP contribution is -1.98. The molecule has 1 heterocycles. The van der Waals surface area contributed by atoms with Gasteiger partial charge in [0.05, 0.1) is 0 Å². The summed E-state index contributed by atoms with van der Waals surface area (Å²) < 4.78 is 0. The van der Waals surface area contributed by atoms with Crippen LogP contribution in [-0.4, -0.2) is 4.98 Å². The first-order valence-electron chi connectivity index (χ1n) is 6.99. The first-order valence-corrected chi connectivity index (χ1v) is 6.99. The number of aromatic amines is 1. The number of hydrogen-bond donors (Lipinski definition) is 1. The summed E-state index contributed by atoms with van der Waals surface area (Å²) in [6, 6.07) is 17.5. The van der Waals surface area contributed by atoms with Crippen LogP contribution in [0.5, 0.6) is 0 Å². The Morgan fingerprint density at radius 1 is 1.00 bits per heavy atom. The summed E-state index contributed by atoms with van der Waals surface area (Å²) in [7, 11) is 0. The highest BCUT2D eigenvalue weighted by Crippen LogP contribution is 2.43. The van der Waals surface area contributed by atoms with Gasteiger partial charge in [0.25, 0.3) is 0 Å². The van der Waals surface area contributed by atoms with Crippen LogP contribution in [-0.2, 0) is 6.42 Å². The Hall–Kier alpha value is -2.02. The molecule has 1 nitrogen and oxygen atoms in total. The van der Waals surface area contributed by atoms with Crippen molar-refractivity contribution < 1.29 is 0 Å². The van der Waals surface area contributed by atoms with Gasteiger partial charge in [-0.05, 0) is 42.5 Å². The molecule has 0 aliphatic heterocycles. The van der Waals surface area contributed by atoms with Gasteiger partial charge in [-0.3, -0.25) is 0 Å². The van der Waals surface area contributed by atoms with E-state index in [0.29, 0.717) is 5.92 Å². The Kier molecular flexibility index (Phi) is 2.28. The number of fused-ring (bicyclic) bond motifs is 3. The number of benzene rings is 2. The van der Waals surface area contributed by atoms with Gasteiger partial charge in [0, 0.05) is 22.5 Å². The van der Waals surface area contributed by atoms with Crippen LogP contribution in [0, 0.1) is 6.92 Å². The second kappa shape index (κ2) is 3.99. The smallest absolute Gasteiger partial charge is 0.0459 e. The molecule has 1 heteroatoms. The second-order valence-electron chi connectivity index (χ2n) is 5.51. The number of aromatic nitrogens is 1. The van der Waals surface area contributed by atoms with Gasteiger partial charge in [0.2, 0.25) is 0 Å². The molecule has 0 saturated heterocycles. The summed E-state index contributed by atoms with van der Waals surface area (Å²) in [5.74, 6) is 0.562. The highest BCUT2D eigenvalue weighted by molar-refractivity contribution is 5.86. The quantitative estimate of drug-likeness (QED) is 0.649. The molecule has 1 aromatic heterocycles. The third kappa shape index (κ3) is 1.54. The Morgan fingerprint density at radius 2 is 1.79 bits per heavy atom. The van der Waals surface area contributed by atoms with Crippen LogP contribution >= 0.6 is 0 Å². The molecular formula is C18H17N. The van der Waals surface area contributed by atoms with Crippen LogP contribution < -0.4 is 0 Å². The molecule has 1 aliphatic carbocycles. The molecule has 1 atom stereocenters. The van der Waals surface area contributed by atoms with Gasteiger partial charge in [-0.25, -0.2) is 0 Å². The molecule has 2 aromatic carbocycles. The van der Waals surface area contributed by atoms with Crippen LogP contribution in [0.3, 0.4) is 0 Å². The summed E-state index contributed by atoms with van der Waals surface area (Å²) in [5.41, 5.74) is 7.15. The Bertz CT molecular complexity index is 751. The summed E-state index contributed by atoms with van der Waals surface area (Å²) >= 11 is 0. The SMILES string of the molecule is Cc1ccccc1C1CCc2[nH]c3ccccc3c21. The van der Waals surface area contributed by atoms with Gasteiger partial charge < -0.3 is 4.98 Å². The number of aryl methyl sites for hydroxylation is 2. The maximum Gasteiger partial charge on any atom is 0.0459 e. The van der Waals surface area contributed by atoms with E-state index >= 15 is 0 Å². The molecule has 4 rings (SSSR count). The van der Waals surface area contributed by atoms with E-state index in [2.05, 4.69) is 60.4 Å².